The van der Waals surface area contributed by atoms with Gasteiger partial charge in [0.2, 0.25) is 0 Å². The highest BCUT2D eigenvalue weighted by atomic mass is 35.5. The van der Waals surface area contributed by atoms with E-state index in [2.05, 4.69) is 5.16 Å². The first kappa shape index (κ1) is 28.1. The molecule has 4 aromatic rings. The van der Waals surface area contributed by atoms with Gasteiger partial charge in [0.25, 0.3) is 0 Å². The number of fused-ring (bicyclic) bond motifs is 3. The highest BCUT2D eigenvalue weighted by Gasteiger charge is 2.69. The first-order valence-electron chi connectivity index (χ1n) is 13.2. The maximum atomic E-state index is 13.5. The van der Waals surface area contributed by atoms with Crippen molar-refractivity contribution in [2.45, 2.75) is 24.5 Å². The number of benzene rings is 3. The minimum Gasteiger partial charge on any atom is -0.496 e. The molecule has 42 heavy (non-hydrogen) atoms. The van der Waals surface area contributed by atoms with Gasteiger partial charge in [-0.15, -0.1) is 0 Å². The fourth-order valence-electron chi connectivity index (χ4n) is 6.99. The number of methoxy groups -OCH3 is 5. The number of esters is 1. The molecule has 220 valence electrons. The second-order valence-electron chi connectivity index (χ2n) is 10.5. The Balaban J connectivity index is 1.86. The molecule has 4 atom stereocenters. The zero-order chi connectivity index (χ0) is 30.1. The monoisotopic (exact) mass is 595 g/mol. The zero-order valence-corrected chi connectivity index (χ0v) is 24.7. The lowest BCUT2D eigenvalue weighted by Gasteiger charge is -2.53. The number of halogens is 1. The lowest BCUT2D eigenvalue weighted by Crippen LogP contribution is -2.62. The summed E-state index contributed by atoms with van der Waals surface area (Å²) >= 11 is 6.56. The Morgan fingerprint density at radius 3 is 2.33 bits per heavy atom. The van der Waals surface area contributed by atoms with E-state index in [4.69, 9.17) is 39.8 Å². The summed E-state index contributed by atoms with van der Waals surface area (Å²) in [4.78, 5) is 13.5. The van der Waals surface area contributed by atoms with Crippen LogP contribution in [0.15, 0.2) is 40.9 Å². The van der Waals surface area contributed by atoms with Crippen molar-refractivity contribution in [3.8, 4) is 34.3 Å². The first-order chi connectivity index (χ1) is 20.1. The summed E-state index contributed by atoms with van der Waals surface area (Å²) in [6.07, 6.45) is 0.270. The van der Waals surface area contributed by atoms with Crippen molar-refractivity contribution < 1.29 is 43.2 Å². The standard InChI is InChI=1S/C31H30ClNO9/c1-14-12-21-25-26(33-42-21)23-16(8-7-9-19(23)37-2)30(35,31(25,36)24(14)29(34)41-6)17-13-20(38-3)15-10-11-18(32)28(40-5)22(15)27(17)39-4/h7-11,13-14,24,35-36H,12H2,1-6H3/t14-,24-,30+,31+/m1/s1. The number of ether oxygens (including phenoxy) is 5. The third-order valence-electron chi connectivity index (χ3n) is 8.69. The van der Waals surface area contributed by atoms with Crippen LogP contribution in [0.25, 0.3) is 22.0 Å². The first-order valence-corrected chi connectivity index (χ1v) is 13.6. The predicted octanol–water partition coefficient (Wildman–Crippen LogP) is 4.60. The fraction of sp³-hybridized carbons (Fsp3) is 0.355. The van der Waals surface area contributed by atoms with Crippen molar-refractivity contribution in [2.24, 2.45) is 11.8 Å². The molecule has 6 rings (SSSR count). The maximum absolute atomic E-state index is 13.5. The van der Waals surface area contributed by atoms with Crippen LogP contribution in [0.2, 0.25) is 5.02 Å². The Kier molecular flexibility index (Phi) is 6.56. The van der Waals surface area contributed by atoms with Gasteiger partial charge >= 0.3 is 5.97 Å². The topological polar surface area (TPSA) is 130 Å². The van der Waals surface area contributed by atoms with Crippen LogP contribution in [-0.4, -0.2) is 56.9 Å². The average Bonchev–Trinajstić information content (AvgIpc) is 3.42. The quantitative estimate of drug-likeness (QED) is 0.305. The van der Waals surface area contributed by atoms with Gasteiger partial charge in [0.1, 0.15) is 40.1 Å². The summed E-state index contributed by atoms with van der Waals surface area (Å²) in [6.45, 7) is 1.78. The molecule has 10 nitrogen and oxygen atoms in total. The Bertz CT molecular complexity index is 1750. The number of hydrogen-bond acceptors (Lipinski definition) is 10. The van der Waals surface area contributed by atoms with Crippen LogP contribution >= 0.6 is 11.6 Å². The molecule has 0 saturated heterocycles. The minimum atomic E-state index is -2.38. The normalized spacial score (nSPS) is 24.0. The van der Waals surface area contributed by atoms with E-state index in [1.165, 1.54) is 35.5 Å². The summed E-state index contributed by atoms with van der Waals surface area (Å²) < 4.78 is 34.2. The number of aliphatic hydroxyl groups is 2. The molecule has 0 aliphatic heterocycles. The molecular weight excluding hydrogens is 566 g/mol. The Labute approximate surface area is 246 Å². The van der Waals surface area contributed by atoms with E-state index >= 15 is 0 Å². The molecular formula is C31H30ClNO9. The Morgan fingerprint density at radius 1 is 0.976 bits per heavy atom. The summed E-state index contributed by atoms with van der Waals surface area (Å²) in [6, 6.07) is 10.0. The van der Waals surface area contributed by atoms with E-state index in [-0.39, 0.29) is 40.3 Å². The average molecular weight is 596 g/mol. The van der Waals surface area contributed by atoms with Gasteiger partial charge < -0.3 is 38.4 Å². The summed E-state index contributed by atoms with van der Waals surface area (Å²) in [7, 11) is 7.12. The summed E-state index contributed by atoms with van der Waals surface area (Å²) in [5.74, 6) is -0.995. The molecule has 0 radical (unpaired) electrons. The van der Waals surface area contributed by atoms with Crippen molar-refractivity contribution in [1.82, 2.24) is 5.16 Å². The molecule has 0 spiro atoms. The van der Waals surface area contributed by atoms with Gasteiger partial charge in [0, 0.05) is 22.9 Å². The SMILES string of the molecule is COC(=O)[C@H]1[C@H](C)Cc2onc3c2[C@]1(O)[C@@](O)(c1cc(OC)c2ccc(Cl)c(OC)c2c1OC)c1cccc(OC)c1-3. The van der Waals surface area contributed by atoms with Crippen LogP contribution in [-0.2, 0) is 27.2 Å². The molecule has 0 unspecified atom stereocenters. The van der Waals surface area contributed by atoms with E-state index < -0.39 is 29.0 Å². The summed E-state index contributed by atoms with van der Waals surface area (Å²) in [5, 5.41) is 32.2. The second kappa shape index (κ2) is 9.79. The highest BCUT2D eigenvalue weighted by Crippen LogP contribution is 2.65. The smallest absolute Gasteiger partial charge is 0.312 e. The van der Waals surface area contributed by atoms with Crippen LogP contribution in [0.4, 0.5) is 0 Å². The van der Waals surface area contributed by atoms with Gasteiger partial charge in [-0.2, -0.15) is 0 Å². The number of carbonyl (C=O) groups is 1. The summed E-state index contributed by atoms with van der Waals surface area (Å²) in [5.41, 5.74) is -3.59. The molecule has 2 aliphatic carbocycles. The van der Waals surface area contributed by atoms with Crippen molar-refractivity contribution >= 4 is 28.3 Å². The number of carbonyl (C=O) groups excluding carboxylic acids is 1. The third kappa shape index (κ3) is 3.34. The van der Waals surface area contributed by atoms with Crippen molar-refractivity contribution in [3.05, 3.63) is 63.9 Å². The highest BCUT2D eigenvalue weighted by molar-refractivity contribution is 6.33. The third-order valence-corrected chi connectivity index (χ3v) is 8.99. The van der Waals surface area contributed by atoms with Crippen molar-refractivity contribution in [3.63, 3.8) is 0 Å². The molecule has 2 aliphatic rings. The number of nitrogens with zero attached hydrogens (tertiary/aromatic N) is 1. The van der Waals surface area contributed by atoms with Crippen LogP contribution in [0, 0.1) is 11.8 Å². The molecule has 11 heteroatoms. The van der Waals surface area contributed by atoms with E-state index in [0.717, 1.165) is 0 Å². The Morgan fingerprint density at radius 2 is 1.69 bits per heavy atom. The predicted molar refractivity (Wildman–Crippen MR) is 152 cm³/mol. The van der Waals surface area contributed by atoms with Gasteiger partial charge in [-0.05, 0) is 30.2 Å². The van der Waals surface area contributed by atoms with Gasteiger partial charge in [-0.3, -0.25) is 4.79 Å². The lowest BCUT2D eigenvalue weighted by atomic mass is 9.54. The van der Waals surface area contributed by atoms with Gasteiger partial charge in [-0.25, -0.2) is 0 Å². The van der Waals surface area contributed by atoms with Crippen molar-refractivity contribution in [2.75, 3.05) is 35.5 Å². The number of rotatable bonds is 6. The van der Waals surface area contributed by atoms with E-state index in [0.29, 0.717) is 38.6 Å². The molecule has 3 aromatic carbocycles. The second-order valence-corrected chi connectivity index (χ2v) is 10.9. The van der Waals surface area contributed by atoms with Crippen molar-refractivity contribution in [1.29, 1.82) is 0 Å². The molecule has 0 bridgehead atoms. The molecule has 1 heterocycles. The van der Waals surface area contributed by atoms with Gasteiger partial charge in [0.05, 0.1) is 63.0 Å². The zero-order valence-electron chi connectivity index (χ0n) is 23.9. The molecule has 1 aromatic heterocycles. The lowest BCUT2D eigenvalue weighted by molar-refractivity contribution is -0.206. The van der Waals surface area contributed by atoms with Gasteiger partial charge in [0.15, 0.2) is 5.60 Å². The van der Waals surface area contributed by atoms with Crippen LogP contribution in [0.5, 0.6) is 23.0 Å². The molecule has 0 saturated carbocycles. The number of hydrogen-bond donors (Lipinski definition) is 2. The minimum absolute atomic E-state index is 0.0905. The molecule has 0 fully saturated rings. The van der Waals surface area contributed by atoms with Crippen LogP contribution < -0.4 is 18.9 Å². The van der Waals surface area contributed by atoms with Gasteiger partial charge in [-0.1, -0.05) is 35.8 Å². The fourth-order valence-corrected chi connectivity index (χ4v) is 7.22. The number of aromatic nitrogens is 1. The van der Waals surface area contributed by atoms with Crippen LogP contribution in [0.3, 0.4) is 0 Å². The van der Waals surface area contributed by atoms with E-state index in [1.807, 2.05) is 0 Å². The Hall–Kier alpha value is -3.99. The van der Waals surface area contributed by atoms with E-state index in [9.17, 15) is 15.0 Å². The maximum Gasteiger partial charge on any atom is 0.312 e. The van der Waals surface area contributed by atoms with Crippen LogP contribution in [0.1, 0.15) is 29.4 Å². The molecule has 2 N–H and O–H groups in total. The van der Waals surface area contributed by atoms with E-state index in [1.54, 1.807) is 43.3 Å². The molecule has 0 amide bonds. The largest absolute Gasteiger partial charge is 0.496 e.